The van der Waals surface area contributed by atoms with Crippen LogP contribution in [0.1, 0.15) is 72.2 Å². The number of nitrogens with zero attached hydrogens (tertiary/aromatic N) is 5. The molecule has 0 radical (unpaired) electrons. The SMILES string of the molecule is C/C=C\C(=NC1=CC(OCCCN2CCOCC2)=C(NC(C)NC2=C(OCCCN3CCOCC3)C[C@@H](N)C2(C)NC)[C@]1(C)[C@@H](C)N)c1cc(C)nn1CC. The minimum Gasteiger partial charge on any atom is -0.496 e. The minimum atomic E-state index is -0.694. The number of nitrogens with one attached hydrogen (secondary N) is 3. The van der Waals surface area contributed by atoms with Crippen molar-refractivity contribution in [2.45, 2.75) is 98.1 Å². The number of nitrogens with two attached hydrogens (primary N) is 2. The van der Waals surface area contributed by atoms with Gasteiger partial charge in [0.05, 0.1) is 91.0 Å². The molecule has 2 aliphatic carbocycles. The van der Waals surface area contributed by atoms with E-state index in [-0.39, 0.29) is 18.2 Å². The summed E-state index contributed by atoms with van der Waals surface area (Å²) in [4.78, 5) is 10.2. The number of morpholine rings is 2. The fourth-order valence-corrected chi connectivity index (χ4v) is 7.86. The Balaban J connectivity index is 1.41. The van der Waals surface area contributed by atoms with Gasteiger partial charge in [-0.2, -0.15) is 5.10 Å². The summed E-state index contributed by atoms with van der Waals surface area (Å²) < 4.78 is 26.3. The molecule has 0 bridgehead atoms. The summed E-state index contributed by atoms with van der Waals surface area (Å²) in [6.45, 7) is 25.4. The van der Waals surface area contributed by atoms with E-state index >= 15 is 0 Å². The van der Waals surface area contributed by atoms with Crippen molar-refractivity contribution in [3.8, 4) is 0 Å². The molecule has 2 aliphatic heterocycles. The smallest absolute Gasteiger partial charge is 0.141 e. The fraction of sp³-hybridized carbons (Fsp3) is 0.707. The molecule has 0 spiro atoms. The molecule has 7 N–H and O–H groups in total. The quantitative estimate of drug-likeness (QED) is 0.0752. The number of allylic oxidation sites excluding steroid dienone is 3. The number of hydrogen-bond acceptors (Lipinski definition) is 13. The highest BCUT2D eigenvalue weighted by Crippen LogP contribution is 2.46. The molecule has 2 fully saturated rings. The van der Waals surface area contributed by atoms with Crippen molar-refractivity contribution in [1.82, 2.24) is 35.5 Å². The zero-order valence-electron chi connectivity index (χ0n) is 34.9. The fourth-order valence-electron chi connectivity index (χ4n) is 7.86. The monoisotopic (exact) mass is 767 g/mol. The number of aryl methyl sites for hydroxylation is 2. The van der Waals surface area contributed by atoms with E-state index in [9.17, 15) is 0 Å². The number of hydrogen-bond donors (Lipinski definition) is 5. The van der Waals surface area contributed by atoms with Crippen molar-refractivity contribution < 1.29 is 18.9 Å². The van der Waals surface area contributed by atoms with Crippen LogP contribution < -0.4 is 27.4 Å². The van der Waals surface area contributed by atoms with E-state index in [4.69, 9.17) is 40.5 Å². The normalized spacial score (nSPS) is 26.9. The average molecular weight is 767 g/mol. The molecule has 0 amide bonds. The molecule has 0 saturated carbocycles. The zero-order chi connectivity index (χ0) is 39.6. The third-order valence-electron chi connectivity index (χ3n) is 11.7. The molecule has 1 aromatic heterocycles. The van der Waals surface area contributed by atoms with Gasteiger partial charge in [-0.15, -0.1) is 0 Å². The Bertz CT molecular complexity index is 1570. The maximum Gasteiger partial charge on any atom is 0.141 e. The van der Waals surface area contributed by atoms with Gasteiger partial charge in [-0.1, -0.05) is 6.08 Å². The van der Waals surface area contributed by atoms with Crippen LogP contribution in [0.15, 0.2) is 57.9 Å². The van der Waals surface area contributed by atoms with Gasteiger partial charge in [0, 0.05) is 70.4 Å². The Morgan fingerprint density at radius 1 is 1.02 bits per heavy atom. The molecule has 5 rings (SSSR count). The molecule has 1 aromatic rings. The van der Waals surface area contributed by atoms with Gasteiger partial charge in [0.2, 0.25) is 0 Å². The highest BCUT2D eigenvalue weighted by Gasteiger charge is 2.47. The van der Waals surface area contributed by atoms with E-state index in [2.05, 4.69) is 65.6 Å². The van der Waals surface area contributed by atoms with Gasteiger partial charge in [-0.05, 0) is 80.5 Å². The van der Waals surface area contributed by atoms with Crippen LogP contribution in [-0.4, -0.2) is 135 Å². The lowest BCUT2D eigenvalue weighted by Crippen LogP contribution is -2.58. The largest absolute Gasteiger partial charge is 0.496 e. The number of aliphatic imine (C=N–C) groups is 1. The summed E-state index contributed by atoms with van der Waals surface area (Å²) in [5, 5.41) is 15.8. The molecule has 5 atom stereocenters. The summed E-state index contributed by atoms with van der Waals surface area (Å²) in [5.74, 6) is 1.65. The van der Waals surface area contributed by atoms with Crippen LogP contribution in [0.4, 0.5) is 0 Å². The molecule has 14 heteroatoms. The van der Waals surface area contributed by atoms with Crippen LogP contribution in [0, 0.1) is 12.3 Å². The third-order valence-corrected chi connectivity index (χ3v) is 11.7. The van der Waals surface area contributed by atoms with Crippen molar-refractivity contribution in [3.63, 3.8) is 0 Å². The second-order valence-electron chi connectivity index (χ2n) is 15.6. The van der Waals surface area contributed by atoms with E-state index in [1.165, 1.54) is 0 Å². The maximum absolute atomic E-state index is 6.96. The molecule has 55 heavy (non-hydrogen) atoms. The van der Waals surface area contributed by atoms with E-state index < -0.39 is 11.0 Å². The Morgan fingerprint density at radius 3 is 2.18 bits per heavy atom. The third kappa shape index (κ3) is 10.2. The van der Waals surface area contributed by atoms with Crippen molar-refractivity contribution in [2.75, 3.05) is 86.0 Å². The van der Waals surface area contributed by atoms with Crippen molar-refractivity contribution in [3.05, 3.63) is 64.3 Å². The minimum absolute atomic E-state index is 0.153. The first-order chi connectivity index (χ1) is 26.4. The lowest BCUT2D eigenvalue weighted by atomic mass is 9.79. The number of rotatable bonds is 20. The lowest BCUT2D eigenvalue weighted by Gasteiger charge is -2.38. The first-order valence-electron chi connectivity index (χ1n) is 20.5. The first kappa shape index (κ1) is 42.9. The van der Waals surface area contributed by atoms with Gasteiger partial charge in [0.25, 0.3) is 0 Å². The Morgan fingerprint density at radius 2 is 1.62 bits per heavy atom. The van der Waals surface area contributed by atoms with Crippen molar-refractivity contribution in [2.24, 2.45) is 21.9 Å². The second kappa shape index (κ2) is 19.8. The zero-order valence-corrected chi connectivity index (χ0v) is 34.9. The molecular weight excluding hydrogens is 697 g/mol. The average Bonchev–Trinajstić information content (AvgIpc) is 3.77. The van der Waals surface area contributed by atoms with Crippen LogP contribution in [0.25, 0.3) is 0 Å². The maximum atomic E-state index is 6.96. The predicted octanol–water partition coefficient (Wildman–Crippen LogP) is 2.96. The van der Waals surface area contributed by atoms with E-state index in [0.717, 1.165) is 131 Å². The molecule has 2 unspecified atom stereocenters. The van der Waals surface area contributed by atoms with Gasteiger partial charge < -0.3 is 46.4 Å². The molecule has 14 nitrogen and oxygen atoms in total. The summed E-state index contributed by atoms with van der Waals surface area (Å²) in [6.07, 6.45) is 8.36. The van der Waals surface area contributed by atoms with Gasteiger partial charge in [0.15, 0.2) is 0 Å². The molecule has 2 saturated heterocycles. The molecule has 308 valence electrons. The highest BCUT2D eigenvalue weighted by atomic mass is 16.5. The van der Waals surface area contributed by atoms with Crippen molar-refractivity contribution in [1.29, 1.82) is 0 Å². The number of ether oxygens (including phenoxy) is 4. The lowest BCUT2D eigenvalue weighted by molar-refractivity contribution is 0.0342. The summed E-state index contributed by atoms with van der Waals surface area (Å²) in [5.41, 5.74) is 18.0. The first-order valence-corrected chi connectivity index (χ1v) is 20.5. The van der Waals surface area contributed by atoms with E-state index in [1.54, 1.807) is 0 Å². The highest BCUT2D eigenvalue weighted by molar-refractivity contribution is 6.08. The second-order valence-corrected chi connectivity index (χ2v) is 15.6. The van der Waals surface area contributed by atoms with Crippen LogP contribution in [0.2, 0.25) is 0 Å². The Kier molecular flexibility index (Phi) is 15.4. The van der Waals surface area contributed by atoms with Gasteiger partial charge in [0.1, 0.15) is 11.5 Å². The summed E-state index contributed by atoms with van der Waals surface area (Å²) >= 11 is 0. The molecular formula is C41H70N10O4. The Labute approximate surface area is 329 Å². The molecule has 3 heterocycles. The molecule has 4 aliphatic rings. The van der Waals surface area contributed by atoms with E-state index in [1.807, 2.05) is 44.7 Å². The van der Waals surface area contributed by atoms with Gasteiger partial charge in [-0.25, -0.2) is 0 Å². The van der Waals surface area contributed by atoms with Crippen LogP contribution >= 0.6 is 0 Å². The summed E-state index contributed by atoms with van der Waals surface area (Å²) in [6, 6.07) is 1.63. The van der Waals surface area contributed by atoms with Gasteiger partial charge >= 0.3 is 0 Å². The number of aromatic nitrogens is 2. The number of likely N-dealkylation sites (N-methyl/N-ethyl adjacent to an activating group) is 1. The van der Waals surface area contributed by atoms with Crippen LogP contribution in [0.5, 0.6) is 0 Å². The van der Waals surface area contributed by atoms with Gasteiger partial charge in [-0.3, -0.25) is 19.5 Å². The summed E-state index contributed by atoms with van der Waals surface area (Å²) in [7, 11) is 1.96. The Hall–Kier alpha value is -3.24. The molecule has 0 aromatic carbocycles. The topological polar surface area (TPSA) is 162 Å². The predicted molar refractivity (Wildman–Crippen MR) is 219 cm³/mol. The van der Waals surface area contributed by atoms with E-state index in [0.29, 0.717) is 19.6 Å². The standard InChI is InChI=1S/C41H70N10O4/c1-9-13-32(33-26-29(3)48-51(33)10-2)47-37-28-35(55-21-12-15-50-18-24-53-25-19-50)38(40(37,6)30(4)42)45-31(5)46-39-34(27-36(43)41(39,7)44-8)54-20-11-14-49-16-22-52-23-17-49/h9,13,26,28,30-31,36,44-46H,10-12,14-25,27,42-43H2,1-8H3/b13-9-,47-32?/t30-,31?,36-,40-,41?/m1/s1. The van der Waals surface area contributed by atoms with Crippen LogP contribution in [0.3, 0.4) is 0 Å². The van der Waals surface area contributed by atoms with Crippen molar-refractivity contribution >= 4 is 5.71 Å². The van der Waals surface area contributed by atoms with Crippen LogP contribution in [-0.2, 0) is 25.5 Å².